The summed E-state index contributed by atoms with van der Waals surface area (Å²) >= 11 is 6.34. The lowest BCUT2D eigenvalue weighted by Gasteiger charge is -2.38. The number of fused-ring (bicyclic) bond motifs is 1. The van der Waals surface area contributed by atoms with Crippen LogP contribution in [0.5, 0.6) is 5.75 Å². The zero-order chi connectivity index (χ0) is 18.1. The second-order valence-corrected chi connectivity index (χ2v) is 8.34. The quantitative estimate of drug-likeness (QED) is 0.800. The smallest absolute Gasteiger partial charge is 0.189 e. The van der Waals surface area contributed by atoms with Crippen molar-refractivity contribution in [2.75, 3.05) is 33.0 Å². The Kier molecular flexibility index (Phi) is 5.72. The average Bonchev–Trinajstić information content (AvgIpc) is 3.00. The largest absolute Gasteiger partial charge is 0.467 e. The van der Waals surface area contributed by atoms with E-state index in [1.807, 2.05) is 6.07 Å². The van der Waals surface area contributed by atoms with Crippen molar-refractivity contribution < 1.29 is 14.2 Å². The molecule has 0 bridgehead atoms. The van der Waals surface area contributed by atoms with Crippen molar-refractivity contribution in [1.82, 2.24) is 9.80 Å². The van der Waals surface area contributed by atoms with Gasteiger partial charge in [0.2, 0.25) is 0 Å². The summed E-state index contributed by atoms with van der Waals surface area (Å²) in [5.41, 5.74) is 2.25. The highest BCUT2D eigenvalue weighted by Gasteiger charge is 2.31. The predicted octanol–water partition coefficient (Wildman–Crippen LogP) is 3.28. The van der Waals surface area contributed by atoms with Crippen LogP contribution in [0.15, 0.2) is 12.1 Å². The lowest BCUT2D eigenvalue weighted by atomic mass is 10.1. The van der Waals surface area contributed by atoms with Gasteiger partial charge in [-0.2, -0.15) is 0 Å². The van der Waals surface area contributed by atoms with Crippen LogP contribution < -0.4 is 4.74 Å². The highest BCUT2D eigenvalue weighted by molar-refractivity contribution is 6.30. The molecule has 2 saturated heterocycles. The number of benzene rings is 1. The minimum Gasteiger partial charge on any atom is -0.467 e. The summed E-state index contributed by atoms with van der Waals surface area (Å²) in [6.45, 7) is 10.5. The van der Waals surface area contributed by atoms with E-state index in [4.69, 9.17) is 25.8 Å². The van der Waals surface area contributed by atoms with Gasteiger partial charge < -0.3 is 14.2 Å². The zero-order valence-corrected chi connectivity index (χ0v) is 16.5. The zero-order valence-electron chi connectivity index (χ0n) is 15.7. The lowest BCUT2D eigenvalue weighted by Crippen LogP contribution is -2.50. The van der Waals surface area contributed by atoms with Crippen LogP contribution in [0.4, 0.5) is 0 Å². The second-order valence-electron chi connectivity index (χ2n) is 7.91. The van der Waals surface area contributed by atoms with E-state index >= 15 is 0 Å². The number of ether oxygens (including phenoxy) is 3. The molecule has 4 rings (SSSR count). The van der Waals surface area contributed by atoms with E-state index in [1.54, 1.807) is 0 Å². The molecule has 0 spiro atoms. The normalized spacial score (nSPS) is 30.2. The number of hydrogen-bond donors (Lipinski definition) is 0. The fourth-order valence-electron chi connectivity index (χ4n) is 4.63. The van der Waals surface area contributed by atoms with Gasteiger partial charge in [0.05, 0.1) is 18.8 Å². The highest BCUT2D eigenvalue weighted by atomic mass is 35.5. The van der Waals surface area contributed by atoms with Gasteiger partial charge in [-0.3, -0.25) is 9.80 Å². The van der Waals surface area contributed by atoms with Crippen molar-refractivity contribution in [2.24, 2.45) is 0 Å². The number of rotatable bonds is 4. The molecule has 3 unspecified atom stereocenters. The van der Waals surface area contributed by atoms with E-state index in [1.165, 1.54) is 18.4 Å². The summed E-state index contributed by atoms with van der Waals surface area (Å²) in [4.78, 5) is 5.16. The van der Waals surface area contributed by atoms with Crippen LogP contribution in [-0.4, -0.2) is 61.0 Å². The molecule has 26 heavy (non-hydrogen) atoms. The van der Waals surface area contributed by atoms with Crippen LogP contribution in [0, 0.1) is 0 Å². The molecule has 3 aliphatic heterocycles. The van der Waals surface area contributed by atoms with Crippen molar-refractivity contribution in [3.63, 3.8) is 0 Å². The Morgan fingerprint density at radius 1 is 1.19 bits per heavy atom. The van der Waals surface area contributed by atoms with Gasteiger partial charge in [-0.15, -0.1) is 0 Å². The van der Waals surface area contributed by atoms with E-state index in [9.17, 15) is 0 Å². The van der Waals surface area contributed by atoms with Crippen LogP contribution in [0.3, 0.4) is 0 Å². The molecule has 3 heterocycles. The van der Waals surface area contributed by atoms with E-state index in [2.05, 4.69) is 29.7 Å². The summed E-state index contributed by atoms with van der Waals surface area (Å²) in [6, 6.07) is 4.60. The first-order chi connectivity index (χ1) is 12.6. The summed E-state index contributed by atoms with van der Waals surface area (Å²) in [7, 11) is 0. The van der Waals surface area contributed by atoms with Crippen molar-refractivity contribution in [3.05, 3.63) is 28.3 Å². The maximum absolute atomic E-state index is 6.34. The summed E-state index contributed by atoms with van der Waals surface area (Å²) < 4.78 is 17.1. The van der Waals surface area contributed by atoms with Crippen molar-refractivity contribution in [3.8, 4) is 5.75 Å². The lowest BCUT2D eigenvalue weighted by molar-refractivity contribution is -0.0724. The Hall–Kier alpha value is -0.850. The third-order valence-corrected chi connectivity index (χ3v) is 5.81. The van der Waals surface area contributed by atoms with Gasteiger partial charge in [0, 0.05) is 48.4 Å². The summed E-state index contributed by atoms with van der Waals surface area (Å²) in [5, 5.41) is 0.763. The Morgan fingerprint density at radius 2 is 2.00 bits per heavy atom. The van der Waals surface area contributed by atoms with E-state index in [-0.39, 0.29) is 0 Å². The Labute approximate surface area is 161 Å². The topological polar surface area (TPSA) is 34.2 Å². The average molecular weight is 381 g/mol. The third-order valence-electron chi connectivity index (χ3n) is 5.59. The molecular weight excluding hydrogens is 352 g/mol. The molecule has 2 fully saturated rings. The van der Waals surface area contributed by atoms with Crippen LogP contribution in [-0.2, 0) is 22.6 Å². The Morgan fingerprint density at radius 3 is 2.81 bits per heavy atom. The van der Waals surface area contributed by atoms with Gasteiger partial charge in [0.25, 0.3) is 0 Å². The monoisotopic (exact) mass is 380 g/mol. The van der Waals surface area contributed by atoms with Crippen LogP contribution in [0.25, 0.3) is 0 Å². The number of morpholine rings is 1. The molecule has 1 aromatic carbocycles. The van der Waals surface area contributed by atoms with Gasteiger partial charge in [0.1, 0.15) is 5.75 Å². The molecule has 0 saturated carbocycles. The second kappa shape index (κ2) is 8.03. The first-order valence-electron chi connectivity index (χ1n) is 9.72. The molecular formula is C20H29ClN2O3. The molecule has 0 radical (unpaired) electrons. The molecule has 0 amide bonds. The Balaban J connectivity index is 1.45. The van der Waals surface area contributed by atoms with Gasteiger partial charge in [-0.25, -0.2) is 0 Å². The van der Waals surface area contributed by atoms with Gasteiger partial charge in [-0.1, -0.05) is 11.6 Å². The molecule has 6 heteroatoms. The molecule has 5 nitrogen and oxygen atoms in total. The summed E-state index contributed by atoms with van der Waals surface area (Å²) in [6.07, 6.45) is 3.16. The fraction of sp³-hybridized carbons (Fsp3) is 0.700. The first-order valence-corrected chi connectivity index (χ1v) is 10.1. The highest BCUT2D eigenvalue weighted by Crippen LogP contribution is 2.34. The van der Waals surface area contributed by atoms with Crippen LogP contribution >= 0.6 is 11.6 Å². The molecule has 0 aliphatic carbocycles. The standard InChI is InChI=1S/C20H29ClN2O3/c1-14-8-22(9-15(2)26-14)11-19-4-3-5-23(19)10-16-6-18(21)7-17-12-24-13-25-20(16)17/h6-7,14-15,19H,3-5,8-13H2,1-2H3. The number of halogens is 1. The minimum absolute atomic E-state index is 0.321. The molecule has 3 aliphatic rings. The Bertz CT molecular complexity index is 632. The summed E-state index contributed by atoms with van der Waals surface area (Å²) in [5.74, 6) is 0.972. The fourth-order valence-corrected chi connectivity index (χ4v) is 4.90. The van der Waals surface area contributed by atoms with E-state index in [0.717, 1.165) is 49.1 Å². The predicted molar refractivity (Wildman–Crippen MR) is 102 cm³/mol. The van der Waals surface area contributed by atoms with E-state index < -0.39 is 0 Å². The van der Waals surface area contributed by atoms with Crippen LogP contribution in [0.1, 0.15) is 37.8 Å². The first kappa shape index (κ1) is 18.5. The van der Waals surface area contributed by atoms with Crippen molar-refractivity contribution in [1.29, 1.82) is 0 Å². The molecule has 1 aromatic rings. The van der Waals surface area contributed by atoms with Crippen LogP contribution in [0.2, 0.25) is 5.02 Å². The SMILES string of the molecule is CC1CN(CC2CCCN2Cc2cc(Cl)cc3c2OCOC3)CC(C)O1. The third kappa shape index (κ3) is 4.18. The molecule has 3 atom stereocenters. The minimum atomic E-state index is 0.321. The number of likely N-dealkylation sites (tertiary alicyclic amines) is 1. The molecule has 144 valence electrons. The maximum Gasteiger partial charge on any atom is 0.189 e. The van der Waals surface area contributed by atoms with Gasteiger partial charge in [0.15, 0.2) is 6.79 Å². The number of hydrogen-bond acceptors (Lipinski definition) is 5. The maximum atomic E-state index is 6.34. The number of nitrogens with zero attached hydrogens (tertiary/aromatic N) is 2. The van der Waals surface area contributed by atoms with E-state index in [0.29, 0.717) is 31.6 Å². The van der Waals surface area contributed by atoms with Gasteiger partial charge >= 0.3 is 0 Å². The van der Waals surface area contributed by atoms with Gasteiger partial charge in [-0.05, 0) is 45.4 Å². The molecule has 0 N–H and O–H groups in total. The van der Waals surface area contributed by atoms with Crippen molar-refractivity contribution >= 4 is 11.6 Å². The van der Waals surface area contributed by atoms with Crippen molar-refractivity contribution in [2.45, 2.75) is 58.1 Å². The molecule has 0 aromatic heterocycles.